The van der Waals surface area contributed by atoms with Crippen LogP contribution in [0.1, 0.15) is 33.1 Å². The van der Waals surface area contributed by atoms with Gasteiger partial charge in [0.1, 0.15) is 0 Å². The van der Waals surface area contributed by atoms with E-state index in [1.54, 1.807) is 48.5 Å². The van der Waals surface area contributed by atoms with Gasteiger partial charge in [-0.1, -0.05) is 60.2 Å². The molecule has 28 heavy (non-hydrogen) atoms. The third-order valence-corrected chi connectivity index (χ3v) is 5.84. The van der Waals surface area contributed by atoms with Crippen LogP contribution in [0, 0.1) is 6.92 Å². The molecule has 3 rings (SSSR count). The first-order valence-electron chi connectivity index (χ1n) is 8.73. The molecule has 0 saturated heterocycles. The molecule has 0 saturated carbocycles. The predicted octanol–water partition coefficient (Wildman–Crippen LogP) is 3.85. The highest BCUT2D eigenvalue weighted by molar-refractivity contribution is 7.89. The van der Waals surface area contributed by atoms with Crippen molar-refractivity contribution >= 4 is 16.0 Å². The van der Waals surface area contributed by atoms with Crippen molar-refractivity contribution in [3.8, 4) is 0 Å². The average Bonchev–Trinajstić information content (AvgIpc) is 2.72. The van der Waals surface area contributed by atoms with Gasteiger partial charge in [0.25, 0.3) is 0 Å². The molecular weight excluding hydrogens is 374 g/mol. The van der Waals surface area contributed by atoms with E-state index in [4.69, 9.17) is 4.74 Å². The van der Waals surface area contributed by atoms with Crippen molar-refractivity contribution < 1.29 is 17.9 Å². The quantitative estimate of drug-likeness (QED) is 0.644. The summed E-state index contributed by atoms with van der Waals surface area (Å²) in [7, 11) is -2.43. The number of hydrogen-bond donors (Lipinski definition) is 1. The summed E-state index contributed by atoms with van der Waals surface area (Å²) in [5.74, 6) is -0.442. The molecule has 144 valence electrons. The van der Waals surface area contributed by atoms with Crippen LogP contribution in [0.25, 0.3) is 0 Å². The summed E-state index contributed by atoms with van der Waals surface area (Å²) >= 11 is 0. The molecule has 0 fully saturated rings. The molecule has 0 heterocycles. The molecular formula is C22H21NO4S. The fourth-order valence-corrected chi connectivity index (χ4v) is 4.06. The monoisotopic (exact) mass is 395 g/mol. The lowest BCUT2D eigenvalue weighted by molar-refractivity contribution is 0.0600. The zero-order valence-electron chi connectivity index (χ0n) is 15.6. The Morgan fingerprint density at radius 2 is 1.43 bits per heavy atom. The maximum atomic E-state index is 12.9. The Labute approximate surface area is 165 Å². The first kappa shape index (κ1) is 19.8. The van der Waals surface area contributed by atoms with Gasteiger partial charge in [0, 0.05) is 0 Å². The van der Waals surface area contributed by atoms with Crippen molar-refractivity contribution in [1.82, 2.24) is 4.72 Å². The smallest absolute Gasteiger partial charge is 0.337 e. The van der Waals surface area contributed by atoms with Gasteiger partial charge in [-0.25, -0.2) is 13.2 Å². The molecule has 0 aliphatic heterocycles. The molecule has 3 aromatic carbocycles. The predicted molar refractivity (Wildman–Crippen MR) is 108 cm³/mol. The summed E-state index contributed by atoms with van der Waals surface area (Å²) < 4.78 is 33.4. The topological polar surface area (TPSA) is 72.5 Å². The maximum Gasteiger partial charge on any atom is 0.337 e. The number of hydrogen-bond acceptors (Lipinski definition) is 4. The first-order chi connectivity index (χ1) is 13.4. The van der Waals surface area contributed by atoms with E-state index in [2.05, 4.69) is 4.72 Å². The number of carbonyl (C=O) groups excluding carboxylic acids is 1. The van der Waals surface area contributed by atoms with Crippen molar-refractivity contribution in [2.45, 2.75) is 17.9 Å². The van der Waals surface area contributed by atoms with Crippen LogP contribution in [0.5, 0.6) is 0 Å². The lowest BCUT2D eigenvalue weighted by Crippen LogP contribution is -2.29. The summed E-state index contributed by atoms with van der Waals surface area (Å²) in [5.41, 5.74) is 2.90. The number of methoxy groups -OCH3 is 1. The highest BCUT2D eigenvalue weighted by Gasteiger charge is 2.23. The minimum absolute atomic E-state index is 0.199. The Kier molecular flexibility index (Phi) is 5.92. The van der Waals surface area contributed by atoms with Gasteiger partial charge in [0.2, 0.25) is 10.0 Å². The van der Waals surface area contributed by atoms with Crippen LogP contribution in [-0.4, -0.2) is 21.5 Å². The Bertz CT molecular complexity index is 1040. The second-order valence-corrected chi connectivity index (χ2v) is 8.11. The number of nitrogens with one attached hydrogen (secondary N) is 1. The van der Waals surface area contributed by atoms with Crippen molar-refractivity contribution in [2.24, 2.45) is 0 Å². The van der Waals surface area contributed by atoms with Gasteiger partial charge >= 0.3 is 5.97 Å². The van der Waals surface area contributed by atoms with Crippen molar-refractivity contribution in [3.63, 3.8) is 0 Å². The summed E-state index contributed by atoms with van der Waals surface area (Å²) in [4.78, 5) is 11.9. The van der Waals surface area contributed by atoms with Crippen LogP contribution in [0.15, 0.2) is 83.8 Å². The molecule has 0 aromatic heterocycles. The molecule has 0 spiro atoms. The van der Waals surface area contributed by atoms with E-state index in [1.165, 1.54) is 7.11 Å². The van der Waals surface area contributed by atoms with E-state index < -0.39 is 22.0 Å². The second-order valence-electron chi connectivity index (χ2n) is 6.39. The third kappa shape index (κ3) is 4.47. The van der Waals surface area contributed by atoms with Gasteiger partial charge in [-0.15, -0.1) is 0 Å². The Balaban J connectivity index is 1.98. The molecule has 0 radical (unpaired) electrons. The fourth-order valence-electron chi connectivity index (χ4n) is 2.84. The van der Waals surface area contributed by atoms with E-state index in [9.17, 15) is 13.2 Å². The summed E-state index contributed by atoms with van der Waals surface area (Å²) in [5, 5.41) is 0. The van der Waals surface area contributed by atoms with E-state index >= 15 is 0 Å². The highest BCUT2D eigenvalue weighted by atomic mass is 32.2. The molecule has 0 bridgehead atoms. The zero-order valence-corrected chi connectivity index (χ0v) is 16.4. The van der Waals surface area contributed by atoms with Gasteiger partial charge in [0.15, 0.2) is 0 Å². The van der Waals surface area contributed by atoms with Crippen LogP contribution in [0.2, 0.25) is 0 Å². The largest absolute Gasteiger partial charge is 0.465 e. The number of aryl methyl sites for hydroxylation is 1. The number of benzene rings is 3. The lowest BCUT2D eigenvalue weighted by Gasteiger charge is -2.20. The van der Waals surface area contributed by atoms with E-state index in [0.717, 1.165) is 16.7 Å². The van der Waals surface area contributed by atoms with Gasteiger partial charge in [0.05, 0.1) is 23.6 Å². The Morgan fingerprint density at radius 3 is 2.00 bits per heavy atom. The van der Waals surface area contributed by atoms with Crippen molar-refractivity contribution in [3.05, 3.63) is 101 Å². The maximum absolute atomic E-state index is 12.9. The minimum atomic E-state index is -3.75. The normalized spacial score (nSPS) is 12.4. The summed E-state index contributed by atoms with van der Waals surface area (Å²) in [6.45, 7) is 1.90. The van der Waals surface area contributed by atoms with Crippen molar-refractivity contribution in [1.29, 1.82) is 0 Å². The highest BCUT2D eigenvalue weighted by Crippen LogP contribution is 2.25. The van der Waals surface area contributed by atoms with Crippen LogP contribution >= 0.6 is 0 Å². The van der Waals surface area contributed by atoms with E-state index in [0.29, 0.717) is 5.56 Å². The number of sulfonamides is 1. The molecule has 1 atom stereocenters. The van der Waals surface area contributed by atoms with Crippen LogP contribution in [-0.2, 0) is 14.8 Å². The minimum Gasteiger partial charge on any atom is -0.465 e. The van der Waals surface area contributed by atoms with Gasteiger partial charge in [-0.3, -0.25) is 0 Å². The number of rotatable bonds is 6. The molecule has 1 N–H and O–H groups in total. The molecule has 5 nitrogen and oxygen atoms in total. The number of carbonyl (C=O) groups is 1. The molecule has 0 aliphatic carbocycles. The second kappa shape index (κ2) is 8.37. The molecule has 0 amide bonds. The standard InChI is InChI=1S/C22H21NO4S/c1-16-8-14-20(15-9-16)28(25,26)23-21(17-6-4-3-5-7-17)18-10-12-19(13-11-18)22(24)27-2/h3-15,21,23H,1-2H3/t21-/m0/s1. The average molecular weight is 395 g/mol. The third-order valence-electron chi connectivity index (χ3n) is 4.40. The van der Waals surface area contributed by atoms with Crippen LogP contribution in [0.4, 0.5) is 0 Å². The van der Waals surface area contributed by atoms with Crippen LogP contribution < -0.4 is 4.72 Å². The number of esters is 1. The first-order valence-corrected chi connectivity index (χ1v) is 10.2. The van der Waals surface area contributed by atoms with Gasteiger partial charge < -0.3 is 4.74 Å². The van der Waals surface area contributed by atoms with E-state index in [-0.39, 0.29) is 4.90 Å². The lowest BCUT2D eigenvalue weighted by atomic mass is 9.99. The molecule has 3 aromatic rings. The Hall–Kier alpha value is -2.96. The molecule has 6 heteroatoms. The fraction of sp³-hybridized carbons (Fsp3) is 0.136. The SMILES string of the molecule is COC(=O)c1ccc([C@@H](NS(=O)(=O)c2ccc(C)cc2)c2ccccc2)cc1. The Morgan fingerprint density at radius 1 is 0.857 bits per heavy atom. The summed E-state index contributed by atoms with van der Waals surface area (Å²) in [6.07, 6.45) is 0. The molecule has 0 unspecified atom stereocenters. The summed E-state index contributed by atoms with van der Waals surface area (Å²) in [6, 6.07) is 22.1. The number of ether oxygens (including phenoxy) is 1. The van der Waals surface area contributed by atoms with E-state index in [1.807, 2.05) is 37.3 Å². The van der Waals surface area contributed by atoms with Gasteiger partial charge in [-0.05, 0) is 42.3 Å². The van der Waals surface area contributed by atoms with Crippen LogP contribution in [0.3, 0.4) is 0 Å². The molecule has 0 aliphatic rings. The van der Waals surface area contributed by atoms with Gasteiger partial charge in [-0.2, -0.15) is 4.72 Å². The van der Waals surface area contributed by atoms with Crippen molar-refractivity contribution in [2.75, 3.05) is 7.11 Å². The zero-order chi connectivity index (χ0) is 20.1.